The van der Waals surface area contributed by atoms with Crippen LogP contribution in [0.25, 0.3) is 12.2 Å². The van der Waals surface area contributed by atoms with E-state index in [2.05, 4.69) is 38.1 Å². The Labute approximate surface area is 85.0 Å². The highest BCUT2D eigenvalue weighted by Crippen LogP contribution is 2.35. The fourth-order valence-electron chi connectivity index (χ4n) is 2.59. The van der Waals surface area contributed by atoms with Gasteiger partial charge in [-0.15, -0.1) is 0 Å². The summed E-state index contributed by atoms with van der Waals surface area (Å²) in [4.78, 5) is 0. The Morgan fingerprint density at radius 2 is 1.71 bits per heavy atom. The minimum atomic E-state index is 1.15. The lowest BCUT2D eigenvalue weighted by Crippen LogP contribution is -1.91. The van der Waals surface area contributed by atoms with E-state index >= 15 is 0 Å². The molecule has 0 unspecified atom stereocenters. The third-order valence-corrected chi connectivity index (χ3v) is 3.20. The number of rotatable bonds is 0. The van der Waals surface area contributed by atoms with Gasteiger partial charge in [-0.2, -0.15) is 0 Å². The maximum atomic E-state index is 2.36. The van der Waals surface area contributed by atoms with Gasteiger partial charge in [0, 0.05) is 0 Å². The van der Waals surface area contributed by atoms with Crippen molar-refractivity contribution < 1.29 is 0 Å². The van der Waals surface area contributed by atoms with Gasteiger partial charge in [-0.1, -0.05) is 35.4 Å². The predicted molar refractivity (Wildman–Crippen MR) is 61.2 cm³/mol. The van der Waals surface area contributed by atoms with Crippen molar-refractivity contribution in [3.63, 3.8) is 0 Å². The average Bonchev–Trinajstić information content (AvgIpc) is 2.65. The van der Waals surface area contributed by atoms with E-state index in [1.165, 1.54) is 27.8 Å². The van der Waals surface area contributed by atoms with Gasteiger partial charge in [0.15, 0.2) is 0 Å². The second kappa shape index (κ2) is 2.60. The summed E-state index contributed by atoms with van der Waals surface area (Å²) in [5.41, 5.74) is 9.01. The van der Waals surface area contributed by atoms with Crippen LogP contribution < -0.4 is 0 Å². The minimum absolute atomic E-state index is 1.15. The van der Waals surface area contributed by atoms with Gasteiger partial charge in [-0.3, -0.25) is 0 Å². The summed E-state index contributed by atoms with van der Waals surface area (Å²) >= 11 is 0. The third-order valence-electron chi connectivity index (χ3n) is 3.20. The van der Waals surface area contributed by atoms with E-state index in [-0.39, 0.29) is 0 Å². The van der Waals surface area contributed by atoms with Crippen molar-refractivity contribution in [2.75, 3.05) is 0 Å². The first kappa shape index (κ1) is 8.05. The van der Waals surface area contributed by atoms with Gasteiger partial charge in [0.2, 0.25) is 0 Å². The molecule has 0 amide bonds. The highest BCUT2D eigenvalue weighted by molar-refractivity contribution is 5.75. The molecule has 0 heteroatoms. The van der Waals surface area contributed by atoms with Crippen molar-refractivity contribution in [3.05, 3.63) is 45.5 Å². The largest absolute Gasteiger partial charge is 0.0683 e. The van der Waals surface area contributed by atoms with Crippen molar-refractivity contribution >= 4 is 12.2 Å². The molecule has 14 heavy (non-hydrogen) atoms. The molecule has 0 bridgehead atoms. The molecule has 2 aliphatic rings. The summed E-state index contributed by atoms with van der Waals surface area (Å²) < 4.78 is 0. The average molecular weight is 182 g/mol. The number of hydrogen-bond donors (Lipinski definition) is 0. The third kappa shape index (κ3) is 1.00. The highest BCUT2D eigenvalue weighted by Gasteiger charge is 2.18. The Hall–Kier alpha value is -1.30. The normalized spacial score (nSPS) is 17.6. The standard InChI is InChI=1S/C14H14/c1-9-5-11-3-4-12-6-10(2)8-14(12)13(11)7-9/h3-5,8H,6-7H2,1-2H3. The van der Waals surface area contributed by atoms with Crippen LogP contribution in [0.15, 0.2) is 23.3 Å². The van der Waals surface area contributed by atoms with Crippen molar-refractivity contribution in [3.8, 4) is 0 Å². The van der Waals surface area contributed by atoms with Gasteiger partial charge >= 0.3 is 0 Å². The van der Waals surface area contributed by atoms with Gasteiger partial charge in [0.05, 0.1) is 0 Å². The molecule has 0 N–H and O–H groups in total. The smallest absolute Gasteiger partial charge is 0.00545 e. The van der Waals surface area contributed by atoms with Gasteiger partial charge < -0.3 is 0 Å². The van der Waals surface area contributed by atoms with Gasteiger partial charge in [-0.05, 0) is 48.9 Å². The summed E-state index contributed by atoms with van der Waals surface area (Å²) in [6.45, 7) is 4.44. The number of benzene rings is 1. The molecule has 1 aromatic rings. The van der Waals surface area contributed by atoms with Crippen LogP contribution >= 0.6 is 0 Å². The molecule has 0 saturated heterocycles. The van der Waals surface area contributed by atoms with Crippen LogP contribution in [0.5, 0.6) is 0 Å². The minimum Gasteiger partial charge on any atom is -0.0683 e. The van der Waals surface area contributed by atoms with Crippen LogP contribution in [0.4, 0.5) is 0 Å². The van der Waals surface area contributed by atoms with E-state index in [9.17, 15) is 0 Å². The zero-order chi connectivity index (χ0) is 9.71. The monoisotopic (exact) mass is 182 g/mol. The quantitative estimate of drug-likeness (QED) is 0.575. The zero-order valence-corrected chi connectivity index (χ0v) is 8.72. The Balaban J connectivity index is 2.22. The van der Waals surface area contributed by atoms with Crippen LogP contribution in [0, 0.1) is 0 Å². The molecule has 0 saturated carbocycles. The lowest BCUT2D eigenvalue weighted by Gasteiger charge is -2.05. The first-order valence-electron chi connectivity index (χ1n) is 5.23. The van der Waals surface area contributed by atoms with E-state index in [1.54, 1.807) is 5.56 Å². The first-order chi connectivity index (χ1) is 6.74. The van der Waals surface area contributed by atoms with Crippen molar-refractivity contribution in [2.45, 2.75) is 26.7 Å². The van der Waals surface area contributed by atoms with Crippen molar-refractivity contribution in [1.82, 2.24) is 0 Å². The molecule has 70 valence electrons. The molecule has 0 radical (unpaired) electrons. The molecular weight excluding hydrogens is 168 g/mol. The van der Waals surface area contributed by atoms with Crippen LogP contribution in [-0.4, -0.2) is 0 Å². The summed E-state index contributed by atoms with van der Waals surface area (Å²) in [7, 11) is 0. The van der Waals surface area contributed by atoms with Gasteiger partial charge in [0.1, 0.15) is 0 Å². The molecule has 1 aromatic carbocycles. The van der Waals surface area contributed by atoms with Crippen molar-refractivity contribution in [2.24, 2.45) is 0 Å². The van der Waals surface area contributed by atoms with E-state index in [0.29, 0.717) is 0 Å². The highest BCUT2D eigenvalue weighted by atomic mass is 14.2. The SMILES string of the molecule is CC1=Cc2c(ccc3c2CC(C)=C3)C1. The maximum Gasteiger partial charge on any atom is -0.00545 e. The van der Waals surface area contributed by atoms with E-state index in [0.717, 1.165) is 12.8 Å². The lowest BCUT2D eigenvalue weighted by molar-refractivity contribution is 1.15. The van der Waals surface area contributed by atoms with Crippen LogP contribution in [0.1, 0.15) is 36.1 Å². The van der Waals surface area contributed by atoms with E-state index < -0.39 is 0 Å². The second-order valence-electron chi connectivity index (χ2n) is 4.54. The molecule has 0 atom stereocenters. The summed E-state index contributed by atoms with van der Waals surface area (Å²) in [6, 6.07) is 4.56. The first-order valence-corrected chi connectivity index (χ1v) is 5.23. The molecule has 0 aliphatic heterocycles. The number of allylic oxidation sites excluding steroid dienone is 2. The Bertz CT molecular complexity index is 473. The zero-order valence-electron chi connectivity index (χ0n) is 8.72. The molecule has 2 aliphatic carbocycles. The maximum absolute atomic E-state index is 2.36. The summed E-state index contributed by atoms with van der Waals surface area (Å²) in [5, 5.41) is 0. The van der Waals surface area contributed by atoms with Crippen LogP contribution in [0.2, 0.25) is 0 Å². The Morgan fingerprint density at radius 1 is 0.929 bits per heavy atom. The fraction of sp³-hybridized carbons (Fsp3) is 0.286. The molecule has 0 nitrogen and oxygen atoms in total. The van der Waals surface area contributed by atoms with Gasteiger partial charge in [-0.25, -0.2) is 0 Å². The number of hydrogen-bond acceptors (Lipinski definition) is 0. The van der Waals surface area contributed by atoms with Crippen LogP contribution in [-0.2, 0) is 12.8 Å². The van der Waals surface area contributed by atoms with E-state index in [1.807, 2.05) is 0 Å². The molecule has 0 spiro atoms. The summed E-state index contributed by atoms with van der Waals surface area (Å²) in [5.74, 6) is 0. The molecular formula is C14H14. The Kier molecular flexibility index (Phi) is 1.49. The van der Waals surface area contributed by atoms with Crippen LogP contribution in [0.3, 0.4) is 0 Å². The molecule has 0 aromatic heterocycles. The molecule has 0 heterocycles. The van der Waals surface area contributed by atoms with Crippen molar-refractivity contribution in [1.29, 1.82) is 0 Å². The Morgan fingerprint density at radius 3 is 2.57 bits per heavy atom. The van der Waals surface area contributed by atoms with E-state index in [4.69, 9.17) is 0 Å². The number of fused-ring (bicyclic) bond motifs is 3. The lowest BCUT2D eigenvalue weighted by atomic mass is 9.99. The predicted octanol–water partition coefficient (Wildman–Crippen LogP) is 3.61. The fourth-order valence-corrected chi connectivity index (χ4v) is 2.59. The molecule has 0 fully saturated rings. The topological polar surface area (TPSA) is 0 Å². The molecule has 3 rings (SSSR count). The second-order valence-corrected chi connectivity index (χ2v) is 4.54. The summed E-state index contributed by atoms with van der Waals surface area (Å²) in [6.07, 6.45) is 6.99. The van der Waals surface area contributed by atoms with Gasteiger partial charge in [0.25, 0.3) is 0 Å².